The number of Topliss-reactive ketones (excluding diaryl/α,β-unsaturated/α-hetero) is 1. The third kappa shape index (κ3) is 8.75. The number of ketones is 1. The number of ether oxygens (including phenoxy) is 2. The summed E-state index contributed by atoms with van der Waals surface area (Å²) in [6, 6.07) is 9.22. The van der Waals surface area contributed by atoms with Gasteiger partial charge in [0.05, 0.1) is 0 Å². The Morgan fingerprint density at radius 2 is 1.52 bits per heavy atom. The van der Waals surface area contributed by atoms with Gasteiger partial charge >= 0.3 is 18.5 Å². The first-order chi connectivity index (χ1) is 15.2. The summed E-state index contributed by atoms with van der Waals surface area (Å²) in [7, 11) is 0. The highest BCUT2D eigenvalue weighted by atomic mass is 32.1. The molecular weight excluding hydrogens is 481 g/mol. The molecule has 0 bridgehead atoms. The maximum atomic E-state index is 13.2. The zero-order valence-corrected chi connectivity index (χ0v) is 17.6. The number of alkyl halides is 7. The largest absolute Gasteiger partial charge is 0.487 e. The molecule has 2 aromatic rings. The van der Waals surface area contributed by atoms with Gasteiger partial charge in [0, 0.05) is 35.1 Å². The van der Waals surface area contributed by atoms with Crippen molar-refractivity contribution in [2.24, 2.45) is 0 Å². The maximum absolute atomic E-state index is 13.2. The van der Waals surface area contributed by atoms with Crippen LogP contribution in [0.1, 0.15) is 17.3 Å². The summed E-state index contributed by atoms with van der Waals surface area (Å²) in [6.45, 7) is -2.04. The predicted molar refractivity (Wildman–Crippen MR) is 111 cm³/mol. The summed E-state index contributed by atoms with van der Waals surface area (Å²) in [5.74, 6) is -5.57. The third-order valence-electron chi connectivity index (χ3n) is 3.82. The zero-order chi connectivity index (χ0) is 24.8. The van der Waals surface area contributed by atoms with Crippen molar-refractivity contribution >= 4 is 34.5 Å². The summed E-state index contributed by atoms with van der Waals surface area (Å²) in [5, 5.41) is 5.26. The Balaban J connectivity index is 2.19. The quantitative estimate of drug-likeness (QED) is 0.254. The SMILES string of the molecule is CC(=O)c1cccc(NC(=S)Nc2cc(OCC(F)(F)F)cc(OCC(F)(F)C(F)F)c2)c1. The van der Waals surface area contributed by atoms with Crippen molar-refractivity contribution in [1.29, 1.82) is 0 Å². The number of carbonyl (C=O) groups excluding carboxylic acids is 1. The van der Waals surface area contributed by atoms with E-state index in [2.05, 4.69) is 20.1 Å². The van der Waals surface area contributed by atoms with E-state index in [0.717, 1.165) is 18.2 Å². The van der Waals surface area contributed by atoms with Gasteiger partial charge in [0.1, 0.15) is 11.5 Å². The summed E-state index contributed by atoms with van der Waals surface area (Å²) in [5.41, 5.74) is 0.768. The van der Waals surface area contributed by atoms with Crippen LogP contribution in [0.25, 0.3) is 0 Å². The molecule has 180 valence electrons. The Morgan fingerprint density at radius 1 is 0.939 bits per heavy atom. The molecule has 0 aliphatic carbocycles. The minimum absolute atomic E-state index is 0.0368. The van der Waals surface area contributed by atoms with Crippen LogP contribution in [0.2, 0.25) is 0 Å². The van der Waals surface area contributed by atoms with E-state index in [0.29, 0.717) is 11.3 Å². The van der Waals surface area contributed by atoms with E-state index in [4.69, 9.17) is 12.2 Å². The van der Waals surface area contributed by atoms with Crippen LogP contribution in [0.5, 0.6) is 11.5 Å². The number of hydrogen-bond acceptors (Lipinski definition) is 4. The highest BCUT2D eigenvalue weighted by Crippen LogP contribution is 2.30. The third-order valence-corrected chi connectivity index (χ3v) is 4.02. The van der Waals surface area contributed by atoms with Crippen LogP contribution in [0.3, 0.4) is 0 Å². The molecular formula is C20H17F7N2O3S. The number of hydrogen-bond donors (Lipinski definition) is 2. The number of halogens is 7. The molecule has 0 aliphatic rings. The summed E-state index contributed by atoms with van der Waals surface area (Å²) in [6.07, 6.45) is -8.69. The second-order valence-corrected chi connectivity index (χ2v) is 7.07. The smallest absolute Gasteiger partial charge is 0.422 e. The van der Waals surface area contributed by atoms with Crippen molar-refractivity contribution in [3.05, 3.63) is 48.0 Å². The molecule has 0 unspecified atom stereocenters. The van der Waals surface area contributed by atoms with Gasteiger partial charge in [-0.2, -0.15) is 22.0 Å². The molecule has 0 aromatic heterocycles. The van der Waals surface area contributed by atoms with E-state index < -0.39 is 43.2 Å². The fourth-order valence-corrected chi connectivity index (χ4v) is 2.56. The molecule has 0 atom stereocenters. The minimum Gasteiger partial charge on any atom is -0.487 e. The van der Waals surface area contributed by atoms with Gasteiger partial charge < -0.3 is 20.1 Å². The lowest BCUT2D eigenvalue weighted by Gasteiger charge is -2.18. The molecule has 0 heterocycles. The van der Waals surface area contributed by atoms with Gasteiger partial charge in [-0.25, -0.2) is 8.78 Å². The van der Waals surface area contributed by atoms with Crippen LogP contribution in [-0.4, -0.2) is 42.6 Å². The van der Waals surface area contributed by atoms with Crippen LogP contribution in [0.15, 0.2) is 42.5 Å². The molecule has 33 heavy (non-hydrogen) atoms. The molecule has 0 radical (unpaired) electrons. The van der Waals surface area contributed by atoms with Crippen LogP contribution in [-0.2, 0) is 0 Å². The van der Waals surface area contributed by atoms with E-state index in [1.807, 2.05) is 0 Å². The molecule has 2 N–H and O–H groups in total. The summed E-state index contributed by atoms with van der Waals surface area (Å²) < 4.78 is 97.6. The van der Waals surface area contributed by atoms with E-state index in [1.54, 1.807) is 18.2 Å². The Morgan fingerprint density at radius 3 is 2.06 bits per heavy atom. The Labute approximate surface area is 188 Å². The predicted octanol–water partition coefficient (Wildman–Crippen LogP) is 5.92. The number of rotatable bonds is 9. The van der Waals surface area contributed by atoms with Crippen molar-refractivity contribution < 1.29 is 45.0 Å². The molecule has 13 heteroatoms. The fourth-order valence-electron chi connectivity index (χ4n) is 2.33. The lowest BCUT2D eigenvalue weighted by atomic mass is 10.1. The summed E-state index contributed by atoms with van der Waals surface area (Å²) in [4.78, 5) is 11.5. The summed E-state index contributed by atoms with van der Waals surface area (Å²) >= 11 is 5.11. The van der Waals surface area contributed by atoms with Crippen molar-refractivity contribution in [3.63, 3.8) is 0 Å². The zero-order valence-electron chi connectivity index (χ0n) is 16.8. The van der Waals surface area contributed by atoms with Gasteiger partial charge in [-0.3, -0.25) is 4.79 Å². The van der Waals surface area contributed by atoms with Crippen molar-refractivity contribution in [3.8, 4) is 11.5 Å². The molecule has 5 nitrogen and oxygen atoms in total. The van der Waals surface area contributed by atoms with Crippen molar-refractivity contribution in [2.45, 2.75) is 25.4 Å². The lowest BCUT2D eigenvalue weighted by molar-refractivity contribution is -0.153. The van der Waals surface area contributed by atoms with Gasteiger partial charge in [-0.1, -0.05) is 12.1 Å². The van der Waals surface area contributed by atoms with E-state index in [9.17, 15) is 35.5 Å². The van der Waals surface area contributed by atoms with Crippen LogP contribution in [0, 0.1) is 0 Å². The normalized spacial score (nSPS) is 11.8. The molecule has 0 fully saturated rings. The van der Waals surface area contributed by atoms with Crippen molar-refractivity contribution in [1.82, 2.24) is 0 Å². The van der Waals surface area contributed by atoms with Crippen LogP contribution in [0.4, 0.5) is 42.1 Å². The average molecular weight is 498 g/mol. The topological polar surface area (TPSA) is 59.6 Å². The van der Waals surface area contributed by atoms with E-state index >= 15 is 0 Å². The molecule has 2 aromatic carbocycles. The first-order valence-corrected chi connectivity index (χ1v) is 9.48. The Bertz CT molecular complexity index is 1000. The van der Waals surface area contributed by atoms with E-state index in [-0.39, 0.29) is 16.6 Å². The highest BCUT2D eigenvalue weighted by Gasteiger charge is 2.41. The minimum atomic E-state index is -4.69. The molecule has 0 saturated carbocycles. The van der Waals surface area contributed by atoms with E-state index in [1.165, 1.54) is 13.0 Å². The number of thiocarbonyl (C=S) groups is 1. The number of benzene rings is 2. The number of nitrogens with one attached hydrogen (secondary N) is 2. The van der Waals surface area contributed by atoms with Crippen LogP contribution < -0.4 is 20.1 Å². The number of anilines is 2. The van der Waals surface area contributed by atoms with Crippen molar-refractivity contribution in [2.75, 3.05) is 23.8 Å². The standard InChI is InChI=1S/C20H17F7N2O3S/c1-11(30)12-3-2-4-13(5-12)28-18(33)29-14-6-15(31-9-19(23,24)17(21)22)8-16(7-14)32-10-20(25,26)27/h2-8,17H,9-10H2,1H3,(H2,28,29,33). The molecule has 0 aliphatic heterocycles. The first kappa shape index (κ1) is 26.2. The van der Waals surface area contributed by atoms with Gasteiger partial charge in [0.15, 0.2) is 24.1 Å². The lowest BCUT2D eigenvalue weighted by Crippen LogP contribution is -2.33. The van der Waals surface area contributed by atoms with Gasteiger partial charge in [0.25, 0.3) is 0 Å². The average Bonchev–Trinajstić information content (AvgIpc) is 2.70. The maximum Gasteiger partial charge on any atom is 0.422 e. The molecule has 0 saturated heterocycles. The van der Waals surface area contributed by atoms with Gasteiger partial charge in [0.2, 0.25) is 0 Å². The monoisotopic (exact) mass is 498 g/mol. The van der Waals surface area contributed by atoms with Gasteiger partial charge in [-0.05, 0) is 31.3 Å². The second-order valence-electron chi connectivity index (χ2n) is 6.66. The number of carbonyl (C=O) groups is 1. The fraction of sp³-hybridized carbons (Fsp3) is 0.300. The highest BCUT2D eigenvalue weighted by molar-refractivity contribution is 7.80. The Kier molecular flexibility index (Phi) is 8.47. The first-order valence-electron chi connectivity index (χ1n) is 9.07. The van der Waals surface area contributed by atoms with Crippen LogP contribution >= 0.6 is 12.2 Å². The molecule has 0 spiro atoms. The molecule has 0 amide bonds. The Hall–Kier alpha value is -3.09. The second kappa shape index (κ2) is 10.7. The van der Waals surface area contributed by atoms with Gasteiger partial charge in [-0.15, -0.1) is 0 Å². The molecule has 2 rings (SSSR count).